The molecule has 0 bridgehead atoms. The Labute approximate surface area is 115 Å². The lowest BCUT2D eigenvalue weighted by Crippen LogP contribution is -2.04. The van der Waals surface area contributed by atoms with Gasteiger partial charge in [-0.1, -0.05) is 69.3 Å². The minimum Gasteiger partial charge on any atom is -0.388 e. The van der Waals surface area contributed by atoms with E-state index in [-0.39, 0.29) is 12.0 Å². The smallest absolute Gasteiger partial charge is 0.0812 e. The molecule has 19 heavy (non-hydrogen) atoms. The Balaban J connectivity index is 2.22. The summed E-state index contributed by atoms with van der Waals surface area (Å²) in [5.74, 6) is 0.245. The second kappa shape index (κ2) is 6.03. The molecule has 0 spiro atoms. The van der Waals surface area contributed by atoms with Crippen molar-refractivity contribution in [2.45, 2.75) is 33.3 Å². The first-order chi connectivity index (χ1) is 9.11. The molecule has 0 saturated carbocycles. The first-order valence-corrected chi connectivity index (χ1v) is 6.99. The summed E-state index contributed by atoms with van der Waals surface area (Å²) in [6, 6.07) is 16.9. The van der Waals surface area contributed by atoms with E-state index in [0.717, 1.165) is 12.0 Å². The van der Waals surface area contributed by atoms with Gasteiger partial charge >= 0.3 is 0 Å². The van der Waals surface area contributed by atoms with Crippen molar-refractivity contribution < 1.29 is 5.11 Å². The molecule has 2 aromatic carbocycles. The van der Waals surface area contributed by atoms with Crippen molar-refractivity contribution in [2.24, 2.45) is 5.92 Å². The maximum Gasteiger partial charge on any atom is 0.0812 e. The van der Waals surface area contributed by atoms with Crippen molar-refractivity contribution in [3.8, 4) is 11.1 Å². The van der Waals surface area contributed by atoms with E-state index in [1.165, 1.54) is 16.7 Å². The van der Waals surface area contributed by atoms with E-state index in [0.29, 0.717) is 0 Å². The molecule has 0 amide bonds. The Kier molecular flexibility index (Phi) is 4.39. The number of aliphatic hydroxyl groups excluding tert-OH is 1. The van der Waals surface area contributed by atoms with Gasteiger partial charge in [-0.25, -0.2) is 0 Å². The van der Waals surface area contributed by atoms with Gasteiger partial charge in [0.05, 0.1) is 6.10 Å². The predicted molar refractivity (Wildman–Crippen MR) is 81.1 cm³/mol. The molecule has 1 atom stereocenters. The molecule has 0 aliphatic carbocycles. The molecule has 0 heterocycles. The van der Waals surface area contributed by atoms with Crippen LogP contribution >= 0.6 is 0 Å². The number of aliphatic hydroxyl groups is 1. The molecule has 1 heteroatoms. The molecule has 0 aliphatic heterocycles. The second-order valence-corrected chi connectivity index (χ2v) is 5.36. The third-order valence-corrected chi connectivity index (χ3v) is 3.58. The fourth-order valence-corrected chi connectivity index (χ4v) is 2.19. The van der Waals surface area contributed by atoms with Crippen molar-refractivity contribution in [1.82, 2.24) is 0 Å². The molecule has 0 aromatic heterocycles. The summed E-state index contributed by atoms with van der Waals surface area (Å²) >= 11 is 0. The van der Waals surface area contributed by atoms with Crippen LogP contribution in [0.25, 0.3) is 11.1 Å². The summed E-state index contributed by atoms with van der Waals surface area (Å²) in [6.07, 6.45) is 0.691. The van der Waals surface area contributed by atoms with Gasteiger partial charge < -0.3 is 5.11 Å². The van der Waals surface area contributed by atoms with Crippen molar-refractivity contribution >= 4 is 0 Å². The Morgan fingerprint density at radius 2 is 1.32 bits per heavy atom. The number of aryl methyl sites for hydroxylation is 1. The molecule has 2 aromatic rings. The van der Waals surface area contributed by atoms with Gasteiger partial charge in [-0.15, -0.1) is 0 Å². The zero-order valence-corrected chi connectivity index (χ0v) is 11.9. The average molecular weight is 254 g/mol. The zero-order chi connectivity index (χ0) is 13.8. The monoisotopic (exact) mass is 254 g/mol. The van der Waals surface area contributed by atoms with E-state index < -0.39 is 0 Å². The molecule has 0 aliphatic rings. The predicted octanol–water partition coefficient (Wildman–Crippen LogP) is 4.61. The van der Waals surface area contributed by atoms with E-state index in [4.69, 9.17) is 0 Å². The van der Waals surface area contributed by atoms with Crippen LogP contribution in [-0.4, -0.2) is 5.11 Å². The topological polar surface area (TPSA) is 20.2 Å². The summed E-state index contributed by atoms with van der Waals surface area (Å²) in [7, 11) is 0. The fourth-order valence-electron chi connectivity index (χ4n) is 2.19. The molecule has 1 unspecified atom stereocenters. The molecule has 100 valence electrons. The maximum absolute atomic E-state index is 10.0. The SMILES string of the molecule is CCc1ccc(-c2ccc(C(O)C(C)C)cc2)cc1. The summed E-state index contributed by atoms with van der Waals surface area (Å²) in [4.78, 5) is 0. The van der Waals surface area contributed by atoms with Gasteiger partial charge in [0.15, 0.2) is 0 Å². The van der Waals surface area contributed by atoms with E-state index >= 15 is 0 Å². The zero-order valence-electron chi connectivity index (χ0n) is 11.9. The van der Waals surface area contributed by atoms with Gasteiger partial charge in [0.1, 0.15) is 0 Å². The highest BCUT2D eigenvalue weighted by Crippen LogP contribution is 2.25. The van der Waals surface area contributed by atoms with Gasteiger partial charge in [0.25, 0.3) is 0 Å². The van der Waals surface area contributed by atoms with Gasteiger partial charge in [-0.05, 0) is 34.6 Å². The first-order valence-electron chi connectivity index (χ1n) is 6.99. The summed E-state index contributed by atoms with van der Waals surface area (Å²) in [5, 5.41) is 10.0. The number of hydrogen-bond acceptors (Lipinski definition) is 1. The molecule has 1 nitrogen and oxygen atoms in total. The Morgan fingerprint density at radius 1 is 0.842 bits per heavy atom. The van der Waals surface area contributed by atoms with Crippen LogP contribution < -0.4 is 0 Å². The third kappa shape index (κ3) is 3.24. The van der Waals surface area contributed by atoms with Crippen LogP contribution in [0.1, 0.15) is 38.0 Å². The highest BCUT2D eigenvalue weighted by molar-refractivity contribution is 5.64. The van der Waals surface area contributed by atoms with E-state index in [1.54, 1.807) is 0 Å². The van der Waals surface area contributed by atoms with Gasteiger partial charge in [-0.2, -0.15) is 0 Å². The number of benzene rings is 2. The van der Waals surface area contributed by atoms with E-state index in [1.807, 2.05) is 26.0 Å². The fraction of sp³-hybridized carbons (Fsp3) is 0.333. The highest BCUT2D eigenvalue weighted by Gasteiger charge is 2.11. The van der Waals surface area contributed by atoms with Crippen LogP contribution in [0, 0.1) is 5.92 Å². The van der Waals surface area contributed by atoms with E-state index in [9.17, 15) is 5.11 Å². The first kappa shape index (κ1) is 13.8. The Bertz CT molecular complexity index is 508. The lowest BCUT2D eigenvalue weighted by molar-refractivity contribution is 0.127. The molecule has 0 fully saturated rings. The van der Waals surface area contributed by atoms with E-state index in [2.05, 4.69) is 43.3 Å². The molecule has 1 N–H and O–H groups in total. The van der Waals surface area contributed by atoms with Crippen LogP contribution in [0.15, 0.2) is 48.5 Å². The maximum atomic E-state index is 10.0. The van der Waals surface area contributed by atoms with Crippen LogP contribution in [0.2, 0.25) is 0 Å². The summed E-state index contributed by atoms with van der Waals surface area (Å²) in [6.45, 7) is 6.22. The van der Waals surface area contributed by atoms with Crippen molar-refractivity contribution in [3.63, 3.8) is 0 Å². The summed E-state index contributed by atoms with van der Waals surface area (Å²) in [5.41, 5.74) is 4.77. The van der Waals surface area contributed by atoms with Crippen molar-refractivity contribution in [1.29, 1.82) is 0 Å². The van der Waals surface area contributed by atoms with Crippen molar-refractivity contribution in [3.05, 3.63) is 59.7 Å². The van der Waals surface area contributed by atoms with Gasteiger partial charge in [0, 0.05) is 0 Å². The Hall–Kier alpha value is -1.60. The molecule has 2 rings (SSSR count). The van der Waals surface area contributed by atoms with Crippen LogP contribution in [0.3, 0.4) is 0 Å². The minimum atomic E-state index is -0.378. The second-order valence-electron chi connectivity index (χ2n) is 5.36. The molecule has 0 saturated heterocycles. The average Bonchev–Trinajstić information content (AvgIpc) is 2.46. The minimum absolute atomic E-state index is 0.245. The van der Waals surface area contributed by atoms with Crippen LogP contribution in [0.5, 0.6) is 0 Å². The lowest BCUT2D eigenvalue weighted by Gasteiger charge is -2.15. The summed E-state index contributed by atoms with van der Waals surface area (Å²) < 4.78 is 0. The molecular formula is C18H22O. The third-order valence-electron chi connectivity index (χ3n) is 3.58. The largest absolute Gasteiger partial charge is 0.388 e. The number of hydrogen-bond donors (Lipinski definition) is 1. The highest BCUT2D eigenvalue weighted by atomic mass is 16.3. The van der Waals surface area contributed by atoms with Crippen LogP contribution in [0.4, 0.5) is 0 Å². The number of rotatable bonds is 4. The quantitative estimate of drug-likeness (QED) is 0.845. The Morgan fingerprint density at radius 3 is 1.74 bits per heavy atom. The van der Waals surface area contributed by atoms with Crippen LogP contribution in [-0.2, 0) is 6.42 Å². The van der Waals surface area contributed by atoms with Crippen molar-refractivity contribution in [2.75, 3.05) is 0 Å². The molecular weight excluding hydrogens is 232 g/mol. The normalized spacial score (nSPS) is 12.7. The van der Waals surface area contributed by atoms with Gasteiger partial charge in [0.2, 0.25) is 0 Å². The standard InChI is InChI=1S/C18H22O/c1-4-14-5-7-15(8-6-14)16-9-11-17(12-10-16)18(19)13(2)3/h5-13,18-19H,4H2,1-3H3. The lowest BCUT2D eigenvalue weighted by atomic mass is 9.96. The van der Waals surface area contributed by atoms with Gasteiger partial charge in [-0.3, -0.25) is 0 Å². The molecule has 0 radical (unpaired) electrons.